The molecule has 0 amide bonds. The average Bonchev–Trinajstić information content (AvgIpc) is 2.18. The molecule has 4 heteroatoms. The summed E-state index contributed by atoms with van der Waals surface area (Å²) >= 11 is 0. The molecule has 0 aromatic rings. The van der Waals surface area contributed by atoms with E-state index < -0.39 is 10.8 Å². The van der Waals surface area contributed by atoms with Gasteiger partial charge in [0.1, 0.15) is 0 Å². The van der Waals surface area contributed by atoms with Crippen molar-refractivity contribution in [3.8, 4) is 0 Å². The molecule has 0 aromatic heterocycles. The number of rotatable bonds is 5. The smallest absolute Gasteiger partial charge is 0.0735 e. The Labute approximate surface area is 95.4 Å². The Hall–Kier alpha value is 0.0700. The quantitative estimate of drug-likeness (QED) is 0.774. The van der Waals surface area contributed by atoms with Crippen molar-refractivity contribution in [2.75, 3.05) is 25.5 Å². The lowest BCUT2D eigenvalue weighted by atomic mass is 10.1. The molecular weight excluding hydrogens is 210 g/mol. The maximum Gasteiger partial charge on any atom is 0.0735 e. The molecule has 3 atom stereocenters. The molecule has 0 aromatic carbocycles. The zero-order valence-corrected chi connectivity index (χ0v) is 10.8. The fourth-order valence-electron chi connectivity index (χ4n) is 1.92. The second-order valence-corrected chi connectivity index (χ2v) is 6.21. The molecule has 0 radical (unpaired) electrons. The first-order valence-electron chi connectivity index (χ1n) is 5.83. The lowest BCUT2D eigenvalue weighted by Crippen LogP contribution is -2.49. The summed E-state index contributed by atoms with van der Waals surface area (Å²) in [6.45, 7) is 8.72. The maximum absolute atomic E-state index is 12.1. The normalized spacial score (nSPS) is 29.3. The van der Waals surface area contributed by atoms with Crippen LogP contribution in [0.5, 0.6) is 0 Å². The molecule has 3 unspecified atom stereocenters. The summed E-state index contributed by atoms with van der Waals surface area (Å²) in [7, 11) is -0.756. The number of nitrogens with one attached hydrogen (secondary N) is 1. The van der Waals surface area contributed by atoms with Crippen LogP contribution >= 0.6 is 0 Å². The van der Waals surface area contributed by atoms with Gasteiger partial charge < -0.3 is 10.1 Å². The Morgan fingerprint density at radius 1 is 1.53 bits per heavy atom. The molecule has 1 rings (SSSR count). The van der Waals surface area contributed by atoms with Gasteiger partial charge in [-0.1, -0.05) is 20.8 Å². The largest absolute Gasteiger partial charge is 0.380 e. The van der Waals surface area contributed by atoms with Crippen LogP contribution in [0, 0.1) is 5.92 Å². The molecule has 0 spiro atoms. The van der Waals surface area contributed by atoms with E-state index in [1.54, 1.807) is 0 Å². The maximum atomic E-state index is 12.1. The van der Waals surface area contributed by atoms with E-state index in [0.29, 0.717) is 18.6 Å². The highest BCUT2D eigenvalue weighted by Crippen LogP contribution is 2.15. The van der Waals surface area contributed by atoms with E-state index in [1.807, 2.05) is 0 Å². The zero-order chi connectivity index (χ0) is 11.3. The minimum atomic E-state index is -0.756. The molecular formula is C11H23NO2S. The van der Waals surface area contributed by atoms with Gasteiger partial charge in [0.2, 0.25) is 0 Å². The molecule has 0 saturated carbocycles. The van der Waals surface area contributed by atoms with Gasteiger partial charge in [0.15, 0.2) is 0 Å². The third-order valence-electron chi connectivity index (χ3n) is 2.61. The van der Waals surface area contributed by atoms with E-state index in [-0.39, 0.29) is 5.25 Å². The highest BCUT2D eigenvalue weighted by molar-refractivity contribution is 7.85. The van der Waals surface area contributed by atoms with Crippen molar-refractivity contribution in [2.24, 2.45) is 5.92 Å². The van der Waals surface area contributed by atoms with Gasteiger partial charge >= 0.3 is 0 Å². The van der Waals surface area contributed by atoms with Gasteiger partial charge in [-0.15, -0.1) is 0 Å². The van der Waals surface area contributed by atoms with E-state index in [9.17, 15) is 4.21 Å². The highest BCUT2D eigenvalue weighted by Gasteiger charge is 2.29. The molecule has 90 valence electrons. The lowest BCUT2D eigenvalue weighted by molar-refractivity contribution is 0.0824. The fraction of sp³-hybridized carbons (Fsp3) is 1.00. The van der Waals surface area contributed by atoms with Crippen molar-refractivity contribution in [1.82, 2.24) is 5.32 Å². The zero-order valence-electron chi connectivity index (χ0n) is 9.99. The molecule has 1 heterocycles. The van der Waals surface area contributed by atoms with Gasteiger partial charge in [0.25, 0.3) is 0 Å². The molecule has 15 heavy (non-hydrogen) atoms. The summed E-state index contributed by atoms with van der Waals surface area (Å²) in [5.41, 5.74) is 0. The van der Waals surface area contributed by atoms with Gasteiger partial charge in [-0.05, 0) is 18.9 Å². The Morgan fingerprint density at radius 3 is 2.87 bits per heavy atom. The van der Waals surface area contributed by atoms with Crippen LogP contribution in [-0.4, -0.2) is 41.0 Å². The summed E-state index contributed by atoms with van der Waals surface area (Å²) in [6, 6.07) is 0.378. The summed E-state index contributed by atoms with van der Waals surface area (Å²) in [6.07, 6.45) is 0.988. The molecule has 1 N–H and O–H groups in total. The van der Waals surface area contributed by atoms with Gasteiger partial charge in [-0.2, -0.15) is 0 Å². The Balaban J connectivity index is 2.51. The number of ether oxygens (including phenoxy) is 1. The number of hydrogen-bond acceptors (Lipinski definition) is 3. The van der Waals surface area contributed by atoms with Crippen LogP contribution in [-0.2, 0) is 15.5 Å². The first-order valence-corrected chi connectivity index (χ1v) is 7.21. The standard InChI is InChI=1S/C11H23NO2S/c1-4-12-10-5-6-14-7-11(10)15(13)8-9(2)3/h9-12H,4-8H2,1-3H3. The molecule has 1 aliphatic heterocycles. The van der Waals surface area contributed by atoms with Gasteiger partial charge in [-0.3, -0.25) is 4.21 Å². The molecule has 1 aliphatic rings. The van der Waals surface area contributed by atoms with Crippen molar-refractivity contribution in [3.05, 3.63) is 0 Å². The lowest BCUT2D eigenvalue weighted by Gasteiger charge is -2.31. The Morgan fingerprint density at radius 2 is 2.27 bits per heavy atom. The van der Waals surface area contributed by atoms with E-state index in [2.05, 4.69) is 26.1 Å². The third-order valence-corrected chi connectivity index (χ3v) is 4.74. The fourth-order valence-corrected chi connectivity index (χ4v) is 3.67. The third kappa shape index (κ3) is 4.21. The predicted octanol–water partition coefficient (Wildman–Crippen LogP) is 1.16. The van der Waals surface area contributed by atoms with Crippen LogP contribution in [0.1, 0.15) is 27.2 Å². The van der Waals surface area contributed by atoms with Crippen LogP contribution in [0.25, 0.3) is 0 Å². The van der Waals surface area contributed by atoms with Gasteiger partial charge in [-0.25, -0.2) is 0 Å². The molecule has 3 nitrogen and oxygen atoms in total. The SMILES string of the molecule is CCNC1CCOCC1S(=O)CC(C)C. The van der Waals surface area contributed by atoms with E-state index in [1.165, 1.54) is 0 Å². The van der Waals surface area contributed by atoms with Crippen LogP contribution in [0.3, 0.4) is 0 Å². The summed E-state index contributed by atoms with van der Waals surface area (Å²) in [4.78, 5) is 0. The van der Waals surface area contributed by atoms with Crippen molar-refractivity contribution in [1.29, 1.82) is 0 Å². The van der Waals surface area contributed by atoms with Crippen LogP contribution in [0.15, 0.2) is 0 Å². The molecule has 0 bridgehead atoms. The monoisotopic (exact) mass is 233 g/mol. The van der Waals surface area contributed by atoms with E-state index in [0.717, 1.165) is 25.3 Å². The summed E-state index contributed by atoms with van der Waals surface area (Å²) in [5, 5.41) is 3.60. The topological polar surface area (TPSA) is 38.3 Å². The van der Waals surface area contributed by atoms with Crippen LogP contribution in [0.4, 0.5) is 0 Å². The van der Waals surface area contributed by atoms with Crippen molar-refractivity contribution in [2.45, 2.75) is 38.5 Å². The number of hydrogen-bond donors (Lipinski definition) is 1. The van der Waals surface area contributed by atoms with Crippen LogP contribution < -0.4 is 5.32 Å². The molecule has 1 fully saturated rings. The van der Waals surface area contributed by atoms with Gasteiger partial charge in [0.05, 0.1) is 11.9 Å². The Kier molecular flexibility index (Phi) is 5.79. The average molecular weight is 233 g/mol. The minimum Gasteiger partial charge on any atom is -0.380 e. The Bertz CT molecular complexity index is 207. The van der Waals surface area contributed by atoms with Crippen LogP contribution in [0.2, 0.25) is 0 Å². The second kappa shape index (κ2) is 6.61. The second-order valence-electron chi connectivity index (χ2n) is 4.51. The van der Waals surface area contributed by atoms with E-state index in [4.69, 9.17) is 4.74 Å². The first kappa shape index (κ1) is 13.1. The van der Waals surface area contributed by atoms with Crippen molar-refractivity contribution < 1.29 is 8.95 Å². The molecule has 1 saturated heterocycles. The summed E-state index contributed by atoms with van der Waals surface area (Å²) in [5.74, 6) is 1.28. The predicted molar refractivity (Wildman–Crippen MR) is 64.5 cm³/mol. The minimum absolute atomic E-state index is 0.182. The van der Waals surface area contributed by atoms with E-state index >= 15 is 0 Å². The van der Waals surface area contributed by atoms with Gasteiger partial charge in [0, 0.05) is 29.2 Å². The van der Waals surface area contributed by atoms with Crippen molar-refractivity contribution in [3.63, 3.8) is 0 Å². The highest BCUT2D eigenvalue weighted by atomic mass is 32.2. The molecule has 0 aliphatic carbocycles. The van der Waals surface area contributed by atoms with Crippen molar-refractivity contribution >= 4 is 10.8 Å². The first-order chi connectivity index (χ1) is 7.15. The summed E-state index contributed by atoms with van der Waals surface area (Å²) < 4.78 is 17.5.